The van der Waals surface area contributed by atoms with Crippen LogP contribution in [0.2, 0.25) is 0 Å². The van der Waals surface area contributed by atoms with Crippen LogP contribution in [0.1, 0.15) is 56.6 Å². The Hall–Kier alpha value is -2.34. The normalized spacial score (nSPS) is 15.2. The summed E-state index contributed by atoms with van der Waals surface area (Å²) >= 11 is 1.55. The van der Waals surface area contributed by atoms with Crippen LogP contribution in [-0.2, 0) is 21.9 Å². The molecular formula is C26H33FN2O2S. The fourth-order valence-electron chi connectivity index (χ4n) is 4.16. The Labute approximate surface area is 195 Å². The average Bonchev–Trinajstić information content (AvgIpc) is 2.81. The Bertz CT molecular complexity index is 854. The summed E-state index contributed by atoms with van der Waals surface area (Å²) in [6, 6.07) is 15.8. The van der Waals surface area contributed by atoms with Gasteiger partial charge in [-0.25, -0.2) is 4.39 Å². The highest BCUT2D eigenvalue weighted by Crippen LogP contribution is 2.20. The number of nitrogens with zero attached hydrogens (tertiary/aromatic N) is 1. The van der Waals surface area contributed by atoms with Crippen LogP contribution < -0.4 is 5.32 Å². The van der Waals surface area contributed by atoms with E-state index in [0.717, 1.165) is 42.6 Å². The molecule has 0 bridgehead atoms. The second-order valence-corrected chi connectivity index (χ2v) is 9.38. The van der Waals surface area contributed by atoms with E-state index < -0.39 is 6.04 Å². The summed E-state index contributed by atoms with van der Waals surface area (Å²) in [6.45, 7) is 2.23. The first-order valence-electron chi connectivity index (χ1n) is 11.5. The average molecular weight is 457 g/mol. The van der Waals surface area contributed by atoms with E-state index in [1.54, 1.807) is 28.8 Å². The smallest absolute Gasteiger partial charge is 0.243 e. The third-order valence-corrected chi connectivity index (χ3v) is 6.93. The van der Waals surface area contributed by atoms with Crippen LogP contribution in [0.3, 0.4) is 0 Å². The van der Waals surface area contributed by atoms with E-state index in [1.165, 1.54) is 18.6 Å². The van der Waals surface area contributed by atoms with Crippen LogP contribution in [0.15, 0.2) is 54.6 Å². The number of nitrogens with one attached hydrogen (secondary N) is 1. The van der Waals surface area contributed by atoms with E-state index in [4.69, 9.17) is 0 Å². The molecule has 2 aromatic carbocycles. The first-order chi connectivity index (χ1) is 15.6. The SMILES string of the molecule is CCC(C(=O)NC1CCCCC1)N(Cc1ccc(F)cc1)C(=O)CSCc1ccccc1. The highest BCUT2D eigenvalue weighted by Gasteiger charge is 2.30. The van der Waals surface area contributed by atoms with Crippen molar-refractivity contribution >= 4 is 23.6 Å². The molecular weight excluding hydrogens is 423 g/mol. The number of hydrogen-bond donors (Lipinski definition) is 1. The molecule has 172 valence electrons. The van der Waals surface area contributed by atoms with E-state index in [-0.39, 0.29) is 23.7 Å². The summed E-state index contributed by atoms with van der Waals surface area (Å²) in [6.07, 6.45) is 6.03. The van der Waals surface area contributed by atoms with Crippen molar-refractivity contribution in [2.24, 2.45) is 0 Å². The lowest BCUT2D eigenvalue weighted by Crippen LogP contribution is -2.52. The molecule has 1 saturated carbocycles. The number of carbonyl (C=O) groups is 2. The van der Waals surface area contributed by atoms with Crippen molar-refractivity contribution in [1.29, 1.82) is 0 Å². The Morgan fingerprint density at radius 1 is 1.03 bits per heavy atom. The molecule has 0 radical (unpaired) electrons. The summed E-state index contributed by atoms with van der Waals surface area (Å²) in [5, 5.41) is 3.18. The lowest BCUT2D eigenvalue weighted by molar-refractivity contribution is -0.139. The van der Waals surface area contributed by atoms with Crippen molar-refractivity contribution < 1.29 is 14.0 Å². The quantitative estimate of drug-likeness (QED) is 0.527. The second-order valence-electron chi connectivity index (χ2n) is 8.39. The minimum Gasteiger partial charge on any atom is -0.352 e. The van der Waals surface area contributed by atoms with E-state index in [0.29, 0.717) is 18.7 Å². The number of benzene rings is 2. The maximum absolute atomic E-state index is 13.4. The van der Waals surface area contributed by atoms with Gasteiger partial charge in [0.25, 0.3) is 0 Å². The predicted molar refractivity (Wildman–Crippen MR) is 129 cm³/mol. The highest BCUT2D eigenvalue weighted by atomic mass is 32.2. The zero-order chi connectivity index (χ0) is 22.8. The van der Waals surface area contributed by atoms with Crippen LogP contribution in [0.25, 0.3) is 0 Å². The lowest BCUT2D eigenvalue weighted by atomic mass is 9.95. The van der Waals surface area contributed by atoms with E-state index in [9.17, 15) is 14.0 Å². The maximum Gasteiger partial charge on any atom is 0.243 e. The summed E-state index contributed by atoms with van der Waals surface area (Å²) in [7, 11) is 0. The number of rotatable bonds is 10. The standard InChI is InChI=1S/C26H33FN2O2S/c1-2-24(26(31)28-23-11-7-4-8-12-23)29(17-20-13-15-22(27)16-14-20)25(30)19-32-18-21-9-5-3-6-10-21/h3,5-6,9-10,13-16,23-24H,2,4,7-8,11-12,17-19H2,1H3,(H,28,31). The summed E-state index contributed by atoms with van der Waals surface area (Å²) in [5.41, 5.74) is 1.98. The Balaban J connectivity index is 1.69. The van der Waals surface area contributed by atoms with Gasteiger partial charge in [-0.1, -0.05) is 68.7 Å². The Morgan fingerprint density at radius 2 is 1.72 bits per heavy atom. The van der Waals surface area contributed by atoms with Crippen molar-refractivity contribution in [3.05, 3.63) is 71.5 Å². The summed E-state index contributed by atoms with van der Waals surface area (Å²) < 4.78 is 13.4. The molecule has 2 aromatic rings. The first-order valence-corrected chi connectivity index (χ1v) is 12.7. The monoisotopic (exact) mass is 456 g/mol. The molecule has 0 aromatic heterocycles. The van der Waals surface area contributed by atoms with Crippen LogP contribution in [0, 0.1) is 5.82 Å². The molecule has 0 saturated heterocycles. The van der Waals surface area contributed by atoms with E-state index in [1.807, 2.05) is 37.3 Å². The van der Waals surface area contributed by atoms with Crippen molar-refractivity contribution in [2.75, 3.05) is 5.75 Å². The van der Waals surface area contributed by atoms with Gasteiger partial charge in [0.1, 0.15) is 11.9 Å². The molecule has 0 spiro atoms. The van der Waals surface area contributed by atoms with Crippen LogP contribution >= 0.6 is 11.8 Å². The molecule has 0 heterocycles. The van der Waals surface area contributed by atoms with Crippen molar-refractivity contribution in [1.82, 2.24) is 10.2 Å². The molecule has 32 heavy (non-hydrogen) atoms. The zero-order valence-electron chi connectivity index (χ0n) is 18.8. The maximum atomic E-state index is 13.4. The summed E-state index contributed by atoms with van der Waals surface area (Å²) in [4.78, 5) is 28.1. The third-order valence-electron chi connectivity index (χ3n) is 5.94. The number of carbonyl (C=O) groups excluding carboxylic acids is 2. The van der Waals surface area contributed by atoms with Crippen LogP contribution in [0.4, 0.5) is 4.39 Å². The largest absolute Gasteiger partial charge is 0.352 e. The number of amides is 2. The van der Waals surface area contributed by atoms with Gasteiger partial charge in [0.05, 0.1) is 5.75 Å². The third kappa shape index (κ3) is 7.37. The molecule has 3 rings (SSSR count). The topological polar surface area (TPSA) is 49.4 Å². The molecule has 1 fully saturated rings. The van der Waals surface area contributed by atoms with Gasteiger partial charge >= 0.3 is 0 Å². The Kier molecular flexibility index (Phi) is 9.60. The van der Waals surface area contributed by atoms with Gasteiger partial charge in [-0.2, -0.15) is 0 Å². The van der Waals surface area contributed by atoms with Crippen molar-refractivity contribution in [3.8, 4) is 0 Å². The molecule has 6 heteroatoms. The molecule has 2 amide bonds. The van der Waals surface area contributed by atoms with Gasteiger partial charge in [0, 0.05) is 18.3 Å². The zero-order valence-corrected chi connectivity index (χ0v) is 19.6. The minimum atomic E-state index is -0.535. The van der Waals surface area contributed by atoms with Crippen LogP contribution in [0.5, 0.6) is 0 Å². The molecule has 0 aliphatic heterocycles. The van der Waals surface area contributed by atoms with Crippen molar-refractivity contribution in [3.63, 3.8) is 0 Å². The lowest BCUT2D eigenvalue weighted by Gasteiger charge is -2.32. The van der Waals surface area contributed by atoms with Crippen molar-refractivity contribution in [2.45, 2.75) is 69.8 Å². The fourth-order valence-corrected chi connectivity index (χ4v) is 5.03. The molecule has 1 N–H and O–H groups in total. The van der Waals surface area contributed by atoms with Gasteiger partial charge < -0.3 is 10.2 Å². The predicted octanol–water partition coefficient (Wildman–Crippen LogP) is 5.32. The minimum absolute atomic E-state index is 0.0686. The molecule has 4 nitrogen and oxygen atoms in total. The highest BCUT2D eigenvalue weighted by molar-refractivity contribution is 7.99. The number of hydrogen-bond acceptors (Lipinski definition) is 3. The molecule has 1 unspecified atom stereocenters. The molecule has 1 aliphatic rings. The van der Waals surface area contributed by atoms with Gasteiger partial charge in [-0.15, -0.1) is 11.8 Å². The Morgan fingerprint density at radius 3 is 2.38 bits per heavy atom. The first kappa shape index (κ1) is 24.3. The fraction of sp³-hybridized carbons (Fsp3) is 0.462. The van der Waals surface area contributed by atoms with Gasteiger partial charge in [-0.05, 0) is 42.5 Å². The van der Waals surface area contributed by atoms with Crippen LogP contribution in [-0.4, -0.2) is 34.6 Å². The van der Waals surface area contributed by atoms with E-state index >= 15 is 0 Å². The molecule has 1 atom stereocenters. The number of halogens is 1. The second kappa shape index (κ2) is 12.6. The number of thioether (sulfide) groups is 1. The summed E-state index contributed by atoms with van der Waals surface area (Å²) in [5.74, 6) is 0.571. The van der Waals surface area contributed by atoms with E-state index in [2.05, 4.69) is 5.32 Å². The van der Waals surface area contributed by atoms with Gasteiger partial charge in [0.2, 0.25) is 11.8 Å². The molecule has 1 aliphatic carbocycles. The van der Waals surface area contributed by atoms with Gasteiger partial charge in [0.15, 0.2) is 0 Å². The van der Waals surface area contributed by atoms with Gasteiger partial charge in [-0.3, -0.25) is 9.59 Å².